The summed E-state index contributed by atoms with van der Waals surface area (Å²) in [5.74, 6) is 1.91. The van der Waals surface area contributed by atoms with Crippen LogP contribution in [0.1, 0.15) is 24.4 Å². The van der Waals surface area contributed by atoms with Crippen molar-refractivity contribution in [3.63, 3.8) is 0 Å². The molecule has 1 aliphatic carbocycles. The first-order valence-corrected chi connectivity index (χ1v) is 4.13. The summed E-state index contributed by atoms with van der Waals surface area (Å²) in [5, 5.41) is 0. The molecule has 0 aromatic carbocycles. The third-order valence-electron chi connectivity index (χ3n) is 2.01. The molecule has 0 atom stereocenters. The molecule has 0 saturated heterocycles. The van der Waals surface area contributed by atoms with Gasteiger partial charge >= 0.3 is 0 Å². The van der Waals surface area contributed by atoms with Crippen molar-refractivity contribution in [2.45, 2.75) is 26.2 Å². The van der Waals surface area contributed by atoms with E-state index in [2.05, 4.69) is 9.97 Å². The van der Waals surface area contributed by atoms with Crippen molar-refractivity contribution in [2.24, 2.45) is 5.92 Å². The summed E-state index contributed by atoms with van der Waals surface area (Å²) >= 11 is 0. The van der Waals surface area contributed by atoms with Crippen LogP contribution in [-0.4, -0.2) is 9.97 Å². The van der Waals surface area contributed by atoms with Crippen molar-refractivity contribution >= 4 is 0 Å². The second-order valence-corrected chi connectivity index (χ2v) is 3.26. The third-order valence-corrected chi connectivity index (χ3v) is 2.01. The minimum absolute atomic E-state index is 0.886. The molecule has 1 saturated carbocycles. The van der Waals surface area contributed by atoms with Crippen molar-refractivity contribution in [3.05, 3.63) is 23.8 Å². The number of aryl methyl sites for hydroxylation is 1. The van der Waals surface area contributed by atoms with E-state index in [4.69, 9.17) is 0 Å². The van der Waals surface area contributed by atoms with Crippen molar-refractivity contribution in [1.82, 2.24) is 9.97 Å². The lowest BCUT2D eigenvalue weighted by Gasteiger charge is -1.97. The van der Waals surface area contributed by atoms with Crippen molar-refractivity contribution < 1.29 is 0 Å². The van der Waals surface area contributed by atoms with Gasteiger partial charge in [0.25, 0.3) is 0 Å². The normalized spacial score (nSPS) is 16.8. The van der Waals surface area contributed by atoms with E-state index in [1.807, 2.05) is 19.2 Å². The van der Waals surface area contributed by atoms with Crippen molar-refractivity contribution in [2.75, 3.05) is 0 Å². The molecule has 1 heterocycles. The van der Waals surface area contributed by atoms with E-state index < -0.39 is 0 Å². The summed E-state index contributed by atoms with van der Waals surface area (Å²) in [7, 11) is 0. The van der Waals surface area contributed by atoms with E-state index in [-0.39, 0.29) is 0 Å². The maximum Gasteiger partial charge on any atom is 0.128 e. The molecule has 0 aliphatic heterocycles. The quantitative estimate of drug-likeness (QED) is 0.638. The Labute approximate surface area is 66.7 Å². The molecule has 0 bridgehead atoms. The van der Waals surface area contributed by atoms with Gasteiger partial charge in [0.15, 0.2) is 0 Å². The van der Waals surface area contributed by atoms with Crippen LogP contribution in [0.4, 0.5) is 0 Å². The number of aromatic nitrogens is 2. The van der Waals surface area contributed by atoms with E-state index in [1.165, 1.54) is 12.8 Å². The fraction of sp³-hybridized carbons (Fsp3) is 0.556. The summed E-state index contributed by atoms with van der Waals surface area (Å²) in [5.41, 5.74) is 1.08. The van der Waals surface area contributed by atoms with Gasteiger partial charge < -0.3 is 0 Å². The summed E-state index contributed by atoms with van der Waals surface area (Å²) in [6.45, 7) is 2.01. The molecule has 2 nitrogen and oxygen atoms in total. The van der Waals surface area contributed by atoms with Crippen LogP contribution in [-0.2, 0) is 6.42 Å². The molecule has 1 aliphatic rings. The Kier molecular flexibility index (Phi) is 1.60. The molecule has 11 heavy (non-hydrogen) atoms. The predicted octanol–water partition coefficient (Wildman–Crippen LogP) is 1.74. The van der Waals surface area contributed by atoms with Gasteiger partial charge in [0.05, 0.1) is 0 Å². The van der Waals surface area contributed by atoms with Gasteiger partial charge in [0.2, 0.25) is 0 Å². The Morgan fingerprint density at radius 3 is 3.00 bits per heavy atom. The second-order valence-electron chi connectivity index (χ2n) is 3.26. The molecule has 0 unspecified atom stereocenters. The zero-order valence-electron chi connectivity index (χ0n) is 6.75. The predicted molar refractivity (Wildman–Crippen MR) is 43.2 cm³/mol. The molecule has 1 aromatic rings. The lowest BCUT2D eigenvalue weighted by molar-refractivity contribution is 0.763. The average Bonchev–Trinajstić information content (AvgIpc) is 2.71. The standard InChI is InChI=1S/C9H12N2/c1-7-4-5-10-9(11-7)6-8-2-3-8/h4-5,8H,2-3,6H2,1H3. The smallest absolute Gasteiger partial charge is 0.128 e. The molecule has 0 spiro atoms. The van der Waals surface area contributed by atoms with Gasteiger partial charge in [-0.1, -0.05) is 0 Å². The largest absolute Gasteiger partial charge is 0.241 e. The summed E-state index contributed by atoms with van der Waals surface area (Å²) in [6.07, 6.45) is 5.68. The van der Waals surface area contributed by atoms with Gasteiger partial charge in [-0.25, -0.2) is 9.97 Å². The monoisotopic (exact) mass is 148 g/mol. The van der Waals surface area contributed by atoms with E-state index in [0.29, 0.717) is 0 Å². The number of nitrogens with zero attached hydrogens (tertiary/aromatic N) is 2. The van der Waals surface area contributed by atoms with E-state index in [9.17, 15) is 0 Å². The molecular weight excluding hydrogens is 136 g/mol. The minimum Gasteiger partial charge on any atom is -0.241 e. The number of rotatable bonds is 2. The van der Waals surface area contributed by atoms with E-state index >= 15 is 0 Å². The SMILES string of the molecule is Cc1ccnc(CC2CC2)n1. The highest BCUT2D eigenvalue weighted by molar-refractivity contribution is 5.01. The topological polar surface area (TPSA) is 25.8 Å². The maximum atomic E-state index is 4.34. The lowest BCUT2D eigenvalue weighted by atomic mass is 10.3. The molecule has 0 amide bonds. The minimum atomic E-state index is 0.886. The molecule has 2 heteroatoms. The van der Waals surface area contributed by atoms with Gasteiger partial charge in [-0.15, -0.1) is 0 Å². The van der Waals surface area contributed by atoms with Gasteiger partial charge in [0, 0.05) is 18.3 Å². The Balaban J connectivity index is 2.10. The van der Waals surface area contributed by atoms with E-state index in [1.54, 1.807) is 0 Å². The molecular formula is C9H12N2. The van der Waals surface area contributed by atoms with Crippen LogP contribution < -0.4 is 0 Å². The summed E-state index contributed by atoms with van der Waals surface area (Å²) in [4.78, 5) is 8.55. The van der Waals surface area contributed by atoms with Crippen LogP contribution in [0.5, 0.6) is 0 Å². The Hall–Kier alpha value is -0.920. The maximum absolute atomic E-state index is 4.34. The molecule has 1 aromatic heterocycles. The highest BCUT2D eigenvalue weighted by atomic mass is 14.9. The molecule has 2 rings (SSSR count). The van der Waals surface area contributed by atoms with Crippen LogP contribution in [0.15, 0.2) is 12.3 Å². The van der Waals surface area contributed by atoms with Crippen LogP contribution in [0.2, 0.25) is 0 Å². The van der Waals surface area contributed by atoms with Crippen LogP contribution in [0.3, 0.4) is 0 Å². The Morgan fingerprint density at radius 2 is 2.36 bits per heavy atom. The lowest BCUT2D eigenvalue weighted by Crippen LogP contribution is -1.96. The fourth-order valence-electron chi connectivity index (χ4n) is 1.18. The van der Waals surface area contributed by atoms with Gasteiger partial charge in [0.1, 0.15) is 5.82 Å². The van der Waals surface area contributed by atoms with E-state index in [0.717, 1.165) is 23.9 Å². The van der Waals surface area contributed by atoms with Crippen LogP contribution in [0.25, 0.3) is 0 Å². The van der Waals surface area contributed by atoms with Crippen LogP contribution in [0, 0.1) is 12.8 Å². The second kappa shape index (κ2) is 2.61. The molecule has 1 fully saturated rings. The molecule has 0 radical (unpaired) electrons. The van der Waals surface area contributed by atoms with Crippen molar-refractivity contribution in [3.8, 4) is 0 Å². The van der Waals surface area contributed by atoms with Gasteiger partial charge in [-0.05, 0) is 31.7 Å². The first kappa shape index (κ1) is 6.77. The zero-order chi connectivity index (χ0) is 7.68. The highest BCUT2D eigenvalue weighted by Gasteiger charge is 2.22. The van der Waals surface area contributed by atoms with Gasteiger partial charge in [-0.3, -0.25) is 0 Å². The van der Waals surface area contributed by atoms with Crippen LogP contribution >= 0.6 is 0 Å². The third kappa shape index (κ3) is 1.76. The molecule has 0 N–H and O–H groups in total. The van der Waals surface area contributed by atoms with Crippen molar-refractivity contribution in [1.29, 1.82) is 0 Å². The first-order valence-electron chi connectivity index (χ1n) is 4.13. The Bertz CT molecular complexity index is 253. The van der Waals surface area contributed by atoms with Gasteiger partial charge in [-0.2, -0.15) is 0 Å². The Morgan fingerprint density at radius 1 is 1.55 bits per heavy atom. The average molecular weight is 148 g/mol. The summed E-state index contributed by atoms with van der Waals surface area (Å²) in [6, 6.07) is 1.94. The first-order chi connectivity index (χ1) is 5.34. The summed E-state index contributed by atoms with van der Waals surface area (Å²) < 4.78 is 0. The zero-order valence-corrected chi connectivity index (χ0v) is 6.75. The fourth-order valence-corrected chi connectivity index (χ4v) is 1.18. The molecule has 58 valence electrons. The highest BCUT2D eigenvalue weighted by Crippen LogP contribution is 2.31. The number of hydrogen-bond acceptors (Lipinski definition) is 2. The number of hydrogen-bond donors (Lipinski definition) is 0.